The van der Waals surface area contributed by atoms with Gasteiger partial charge in [-0.1, -0.05) is 6.92 Å². The molecule has 0 saturated carbocycles. The highest BCUT2D eigenvalue weighted by Crippen LogP contribution is 2.38. The lowest BCUT2D eigenvalue weighted by Gasteiger charge is -2.34. The molecular formula is C21H25N3O8. The number of benzene rings is 2. The van der Waals surface area contributed by atoms with Gasteiger partial charge < -0.3 is 30.6 Å². The third kappa shape index (κ3) is 4.82. The number of ether oxygens (including phenoxy) is 1. The van der Waals surface area contributed by atoms with Crippen molar-refractivity contribution in [1.29, 1.82) is 0 Å². The van der Waals surface area contributed by atoms with E-state index in [0.29, 0.717) is 5.06 Å². The van der Waals surface area contributed by atoms with Gasteiger partial charge in [-0.05, 0) is 48.5 Å². The molecule has 32 heavy (non-hydrogen) atoms. The van der Waals surface area contributed by atoms with E-state index in [2.05, 4.69) is 5.32 Å². The maximum absolute atomic E-state index is 12.5. The number of hydrogen-bond donors (Lipinski definition) is 7. The van der Waals surface area contributed by atoms with Crippen molar-refractivity contribution in [3.63, 3.8) is 0 Å². The number of aliphatic hydroxyl groups is 1. The Kier molecular flexibility index (Phi) is 6.96. The van der Waals surface area contributed by atoms with E-state index >= 15 is 0 Å². The number of phenolic OH excluding ortho intramolecular Hbond substituents is 2. The van der Waals surface area contributed by atoms with Crippen LogP contribution in [0.3, 0.4) is 0 Å². The number of aliphatic hydroxyl groups excluding tert-OH is 1. The van der Waals surface area contributed by atoms with Gasteiger partial charge in [0.05, 0.1) is 18.1 Å². The van der Waals surface area contributed by atoms with Gasteiger partial charge in [-0.2, -0.15) is 5.48 Å². The minimum Gasteiger partial charge on any atom is -0.508 e. The zero-order valence-corrected chi connectivity index (χ0v) is 17.2. The Bertz CT molecular complexity index is 953. The minimum absolute atomic E-state index is 0.0131. The second kappa shape index (κ2) is 9.51. The molecule has 11 nitrogen and oxygen atoms in total. The van der Waals surface area contributed by atoms with Crippen LogP contribution in [0.1, 0.15) is 27.6 Å². The SMILES string of the molecule is C[C@@]1(CN(O)C(=O)c2ccc(O)cc2)C(NO)O[C@H](CNC(=O)c2ccc(O)cc2)[C@H]1O. The maximum Gasteiger partial charge on any atom is 0.277 e. The average Bonchev–Trinajstić information content (AvgIpc) is 3.02. The summed E-state index contributed by atoms with van der Waals surface area (Å²) in [6.07, 6.45) is -3.40. The Morgan fingerprint density at radius 2 is 1.56 bits per heavy atom. The molecule has 2 aromatic rings. The first-order chi connectivity index (χ1) is 15.2. The lowest BCUT2D eigenvalue weighted by atomic mass is 9.82. The molecule has 2 aromatic carbocycles. The van der Waals surface area contributed by atoms with Gasteiger partial charge in [-0.25, -0.2) is 5.06 Å². The molecule has 1 heterocycles. The Morgan fingerprint density at radius 1 is 1.03 bits per heavy atom. The van der Waals surface area contributed by atoms with Crippen molar-refractivity contribution in [2.45, 2.75) is 25.4 Å². The van der Waals surface area contributed by atoms with Crippen LogP contribution in [-0.2, 0) is 4.74 Å². The van der Waals surface area contributed by atoms with Crippen molar-refractivity contribution in [3.05, 3.63) is 59.7 Å². The molecular weight excluding hydrogens is 422 g/mol. The number of amides is 2. The van der Waals surface area contributed by atoms with E-state index < -0.39 is 42.2 Å². The molecule has 11 heteroatoms. The van der Waals surface area contributed by atoms with Crippen molar-refractivity contribution in [1.82, 2.24) is 15.9 Å². The van der Waals surface area contributed by atoms with Gasteiger partial charge in [0.15, 0.2) is 0 Å². The van der Waals surface area contributed by atoms with Crippen LogP contribution >= 0.6 is 0 Å². The van der Waals surface area contributed by atoms with Gasteiger partial charge in [-0.15, -0.1) is 0 Å². The number of aromatic hydroxyl groups is 2. The number of nitrogens with zero attached hydrogens (tertiary/aromatic N) is 1. The highest BCUT2D eigenvalue weighted by atomic mass is 16.6. The predicted octanol–water partition coefficient (Wildman–Crippen LogP) is 0.430. The van der Waals surface area contributed by atoms with E-state index in [0.717, 1.165) is 0 Å². The quantitative estimate of drug-likeness (QED) is 0.235. The summed E-state index contributed by atoms with van der Waals surface area (Å²) >= 11 is 0. The zero-order valence-electron chi connectivity index (χ0n) is 17.2. The Hall–Kier alpha value is -3.22. The van der Waals surface area contributed by atoms with Crippen LogP contribution in [0, 0.1) is 5.41 Å². The summed E-state index contributed by atoms with van der Waals surface area (Å²) in [5.74, 6) is -1.27. The Morgan fingerprint density at radius 3 is 2.09 bits per heavy atom. The smallest absolute Gasteiger partial charge is 0.277 e. The largest absolute Gasteiger partial charge is 0.508 e. The molecule has 0 radical (unpaired) electrons. The zero-order chi connectivity index (χ0) is 23.5. The van der Waals surface area contributed by atoms with Crippen molar-refractivity contribution in [2.24, 2.45) is 5.41 Å². The molecule has 1 aliphatic heterocycles. The molecule has 1 aliphatic rings. The maximum atomic E-state index is 12.5. The van der Waals surface area contributed by atoms with E-state index in [1.165, 1.54) is 55.5 Å². The number of rotatable bonds is 7. The van der Waals surface area contributed by atoms with Gasteiger partial charge in [0.25, 0.3) is 11.8 Å². The van der Waals surface area contributed by atoms with E-state index in [-0.39, 0.29) is 29.2 Å². The molecule has 1 fully saturated rings. The van der Waals surface area contributed by atoms with Crippen molar-refractivity contribution in [3.8, 4) is 11.5 Å². The molecule has 2 amide bonds. The number of nitrogens with one attached hydrogen (secondary N) is 2. The van der Waals surface area contributed by atoms with Crippen LogP contribution in [-0.4, -0.2) is 74.1 Å². The molecule has 4 atom stereocenters. The van der Waals surface area contributed by atoms with Crippen molar-refractivity contribution in [2.75, 3.05) is 13.1 Å². The first kappa shape index (κ1) is 23.4. The molecule has 7 N–H and O–H groups in total. The summed E-state index contributed by atoms with van der Waals surface area (Å²) < 4.78 is 5.60. The van der Waals surface area contributed by atoms with E-state index in [9.17, 15) is 35.3 Å². The van der Waals surface area contributed by atoms with E-state index in [1.54, 1.807) is 0 Å². The lowest BCUT2D eigenvalue weighted by molar-refractivity contribution is -0.126. The van der Waals surface area contributed by atoms with Gasteiger partial charge in [0.1, 0.15) is 23.8 Å². The molecule has 1 saturated heterocycles. The number of hydrogen-bond acceptors (Lipinski definition) is 9. The third-order valence-corrected chi connectivity index (χ3v) is 5.49. The first-order valence-electron chi connectivity index (χ1n) is 9.76. The molecule has 0 spiro atoms. The second-order valence-corrected chi connectivity index (χ2v) is 7.80. The summed E-state index contributed by atoms with van der Waals surface area (Å²) in [4.78, 5) is 24.8. The average molecular weight is 447 g/mol. The van der Waals surface area contributed by atoms with E-state index in [4.69, 9.17) is 4.74 Å². The summed E-state index contributed by atoms with van der Waals surface area (Å²) in [7, 11) is 0. The molecule has 0 aliphatic carbocycles. The van der Waals surface area contributed by atoms with Crippen LogP contribution in [0.5, 0.6) is 11.5 Å². The normalized spacial score (nSPS) is 24.8. The fourth-order valence-corrected chi connectivity index (χ4v) is 3.55. The van der Waals surface area contributed by atoms with Crippen molar-refractivity contribution >= 4 is 11.8 Å². The van der Waals surface area contributed by atoms with Gasteiger partial charge in [-0.3, -0.25) is 14.8 Å². The van der Waals surface area contributed by atoms with Gasteiger partial charge in [0, 0.05) is 17.7 Å². The number of phenols is 2. The minimum atomic E-state index is -1.34. The summed E-state index contributed by atoms with van der Waals surface area (Å²) in [5, 5.41) is 52.3. The van der Waals surface area contributed by atoms with Crippen LogP contribution < -0.4 is 10.8 Å². The Balaban J connectivity index is 1.66. The monoisotopic (exact) mass is 447 g/mol. The lowest BCUT2D eigenvalue weighted by Crippen LogP contribution is -2.52. The van der Waals surface area contributed by atoms with E-state index in [1.807, 2.05) is 5.48 Å². The summed E-state index contributed by atoms with van der Waals surface area (Å²) in [6, 6.07) is 10.8. The van der Waals surface area contributed by atoms with Gasteiger partial charge in [0.2, 0.25) is 0 Å². The number of carbonyl (C=O) groups excluding carboxylic acids is 2. The molecule has 172 valence electrons. The second-order valence-electron chi connectivity index (χ2n) is 7.80. The molecule has 3 rings (SSSR count). The molecule has 0 aromatic heterocycles. The predicted molar refractivity (Wildman–Crippen MR) is 109 cm³/mol. The topological polar surface area (TPSA) is 172 Å². The first-order valence-corrected chi connectivity index (χ1v) is 9.76. The van der Waals surface area contributed by atoms with Crippen LogP contribution in [0.25, 0.3) is 0 Å². The molecule has 0 bridgehead atoms. The highest BCUT2D eigenvalue weighted by molar-refractivity contribution is 5.94. The highest BCUT2D eigenvalue weighted by Gasteiger charge is 2.54. The van der Waals surface area contributed by atoms with Gasteiger partial charge >= 0.3 is 0 Å². The van der Waals surface area contributed by atoms with Crippen LogP contribution in [0.15, 0.2) is 48.5 Å². The summed E-state index contributed by atoms with van der Waals surface area (Å²) in [5.41, 5.74) is 0.977. The standard InChI is InChI=1S/C21H25N3O8/c1-21(11-24(31)19(29)13-4-8-15(26)9-5-13)17(27)16(32-20(21)23-30)10-22-18(28)12-2-6-14(25)7-3-12/h2-9,16-17,20,23,25-27,30-31H,10-11H2,1H3,(H,22,28)/t16-,17-,20?,21+/m1/s1. The van der Waals surface area contributed by atoms with Crippen LogP contribution in [0.4, 0.5) is 0 Å². The number of hydroxylamine groups is 3. The fourth-order valence-electron chi connectivity index (χ4n) is 3.55. The Labute approximate surface area is 183 Å². The number of carbonyl (C=O) groups is 2. The summed E-state index contributed by atoms with van der Waals surface area (Å²) in [6.45, 7) is 0.973. The van der Waals surface area contributed by atoms with Crippen molar-refractivity contribution < 1.29 is 40.1 Å². The fraction of sp³-hybridized carbons (Fsp3) is 0.333. The molecule has 1 unspecified atom stereocenters. The third-order valence-electron chi connectivity index (χ3n) is 5.49. The van der Waals surface area contributed by atoms with Crippen LogP contribution in [0.2, 0.25) is 0 Å².